The number of amides is 1. The molecule has 0 aliphatic heterocycles. The van der Waals surface area contributed by atoms with Crippen LogP contribution in [0.25, 0.3) is 27.6 Å². The fraction of sp³-hybridized carbons (Fsp3) is 0.238. The minimum atomic E-state index is -4.43. The molecule has 0 saturated heterocycles. The van der Waals surface area contributed by atoms with E-state index in [1.807, 2.05) is 6.92 Å². The predicted molar refractivity (Wildman–Crippen MR) is 119 cm³/mol. The zero-order chi connectivity index (χ0) is 23.3. The highest BCUT2D eigenvalue weighted by Crippen LogP contribution is 2.37. The van der Waals surface area contributed by atoms with Crippen LogP contribution in [0.5, 0.6) is 0 Å². The van der Waals surface area contributed by atoms with E-state index < -0.39 is 27.4 Å². The van der Waals surface area contributed by atoms with Gasteiger partial charge in [0.15, 0.2) is 5.65 Å². The molecule has 2 heterocycles. The van der Waals surface area contributed by atoms with Gasteiger partial charge in [-0.3, -0.25) is 9.36 Å². The van der Waals surface area contributed by atoms with Crippen LogP contribution in [0.3, 0.4) is 0 Å². The van der Waals surface area contributed by atoms with E-state index >= 15 is 0 Å². The van der Waals surface area contributed by atoms with Gasteiger partial charge in [0.05, 0.1) is 33.2 Å². The third kappa shape index (κ3) is 4.03. The van der Waals surface area contributed by atoms with Crippen LogP contribution in [0.15, 0.2) is 46.8 Å². The van der Waals surface area contributed by atoms with Crippen LogP contribution in [0.4, 0.5) is 13.2 Å². The molecule has 1 N–H and O–H groups in total. The molecule has 0 aliphatic rings. The number of hydrogen-bond donors (Lipinski definition) is 1. The summed E-state index contributed by atoms with van der Waals surface area (Å²) in [5.74, 6) is -0.771. The van der Waals surface area contributed by atoms with Crippen molar-refractivity contribution in [2.24, 2.45) is 4.36 Å². The number of aromatic nitrogens is 2. The molecular weight excluding hydrogens is 463 g/mol. The number of fused-ring (bicyclic) bond motifs is 3. The highest BCUT2D eigenvalue weighted by molar-refractivity contribution is 7.93. The zero-order valence-corrected chi connectivity index (χ0v) is 18.6. The van der Waals surface area contributed by atoms with E-state index in [0.29, 0.717) is 22.2 Å². The molecule has 0 bridgehead atoms. The third-order valence-electron chi connectivity index (χ3n) is 5.01. The van der Waals surface area contributed by atoms with E-state index in [0.717, 1.165) is 22.4 Å². The molecule has 0 saturated carbocycles. The highest BCUT2D eigenvalue weighted by atomic mass is 32.2. The van der Waals surface area contributed by atoms with E-state index in [2.05, 4.69) is 8.74 Å². The van der Waals surface area contributed by atoms with Crippen LogP contribution in [0.2, 0.25) is 0 Å². The van der Waals surface area contributed by atoms with Gasteiger partial charge in [-0.1, -0.05) is 0 Å². The molecule has 0 radical (unpaired) electrons. The Balaban J connectivity index is 1.89. The molecular formula is C21H18F3N3O3S2. The Hall–Kier alpha value is -2.76. The largest absolute Gasteiger partial charge is 0.416 e. The molecule has 0 spiro atoms. The van der Waals surface area contributed by atoms with Crippen molar-refractivity contribution in [2.45, 2.75) is 13.1 Å². The van der Waals surface area contributed by atoms with Gasteiger partial charge in [0.25, 0.3) is 5.91 Å². The fourth-order valence-electron chi connectivity index (χ4n) is 3.51. The Kier molecular flexibility index (Phi) is 5.60. The Labute approximate surface area is 185 Å². The van der Waals surface area contributed by atoms with E-state index in [1.54, 1.807) is 16.7 Å². The molecule has 0 fully saturated rings. The number of carbonyl (C=O) groups excluding carboxylic acids is 1. The Morgan fingerprint density at radius 3 is 2.53 bits per heavy atom. The number of alkyl halides is 3. The first kappa shape index (κ1) is 22.4. The number of nitrogens with zero attached hydrogens (tertiary/aromatic N) is 3. The van der Waals surface area contributed by atoms with Crippen molar-refractivity contribution >= 4 is 49.1 Å². The van der Waals surface area contributed by atoms with Crippen molar-refractivity contribution in [2.75, 3.05) is 18.6 Å². The number of rotatable bonds is 4. The summed E-state index contributed by atoms with van der Waals surface area (Å²) in [5, 5.41) is 10.5. The van der Waals surface area contributed by atoms with Crippen molar-refractivity contribution in [1.29, 1.82) is 0 Å². The average molecular weight is 482 g/mol. The third-order valence-corrected chi connectivity index (χ3v) is 7.24. The van der Waals surface area contributed by atoms with Crippen LogP contribution in [-0.2, 0) is 15.9 Å². The summed E-state index contributed by atoms with van der Waals surface area (Å²) >= 11 is 1.25. The molecule has 2 aromatic heterocycles. The Morgan fingerprint density at radius 2 is 1.91 bits per heavy atom. The van der Waals surface area contributed by atoms with Crippen LogP contribution >= 0.6 is 11.5 Å². The van der Waals surface area contributed by atoms with Crippen molar-refractivity contribution < 1.29 is 27.3 Å². The fourth-order valence-corrected chi connectivity index (χ4v) is 5.08. The van der Waals surface area contributed by atoms with Gasteiger partial charge in [-0.2, -0.15) is 21.9 Å². The normalized spacial score (nSPS) is 14.1. The Bertz CT molecular complexity index is 1460. The lowest BCUT2D eigenvalue weighted by Crippen LogP contribution is -2.10. The van der Waals surface area contributed by atoms with Crippen LogP contribution in [0, 0.1) is 6.92 Å². The maximum absolute atomic E-state index is 13.0. The number of aryl methyl sites for hydroxylation is 1. The van der Waals surface area contributed by atoms with Gasteiger partial charge < -0.3 is 5.11 Å². The molecule has 1 amide bonds. The number of aliphatic hydroxyl groups is 1. The molecule has 6 nitrogen and oxygen atoms in total. The van der Waals surface area contributed by atoms with Gasteiger partial charge in [-0.15, -0.1) is 0 Å². The first-order valence-electron chi connectivity index (χ1n) is 9.45. The second-order valence-corrected chi connectivity index (χ2v) is 10.8. The molecule has 11 heteroatoms. The SMILES string of the molecule is Cc1snc2c1c1cc(C(=O)N=[S@](C)(=O)CCO)ccc1n2-c1ccc(C(F)(F)F)cc1. The first-order valence-corrected chi connectivity index (χ1v) is 12.3. The van der Waals surface area contributed by atoms with Gasteiger partial charge in [0, 0.05) is 33.2 Å². The summed E-state index contributed by atoms with van der Waals surface area (Å²) in [6, 6.07) is 9.62. The van der Waals surface area contributed by atoms with Gasteiger partial charge in [-0.25, -0.2) is 4.21 Å². The minimum Gasteiger partial charge on any atom is -0.395 e. The number of halogens is 3. The lowest BCUT2D eigenvalue weighted by atomic mass is 10.1. The van der Waals surface area contributed by atoms with Crippen molar-refractivity contribution in [3.05, 3.63) is 58.5 Å². The molecule has 1 atom stereocenters. The number of benzene rings is 2. The first-order chi connectivity index (χ1) is 15.0. The molecule has 168 valence electrons. The minimum absolute atomic E-state index is 0.108. The molecule has 32 heavy (non-hydrogen) atoms. The van der Waals surface area contributed by atoms with Crippen molar-refractivity contribution in [3.63, 3.8) is 0 Å². The number of carbonyl (C=O) groups is 1. The lowest BCUT2D eigenvalue weighted by molar-refractivity contribution is -0.137. The van der Waals surface area contributed by atoms with Crippen molar-refractivity contribution in [1.82, 2.24) is 8.94 Å². The molecule has 4 aromatic rings. The maximum atomic E-state index is 13.0. The maximum Gasteiger partial charge on any atom is 0.416 e. The van der Waals surface area contributed by atoms with Gasteiger partial charge in [0.1, 0.15) is 0 Å². The van der Waals surface area contributed by atoms with Crippen molar-refractivity contribution in [3.8, 4) is 5.69 Å². The van der Waals surface area contributed by atoms with Crippen LogP contribution < -0.4 is 0 Å². The molecule has 4 rings (SSSR count). The second-order valence-electron chi connectivity index (χ2n) is 7.33. The highest BCUT2D eigenvalue weighted by Gasteiger charge is 2.30. The Morgan fingerprint density at radius 1 is 1.22 bits per heavy atom. The van der Waals surface area contributed by atoms with Gasteiger partial charge >= 0.3 is 6.18 Å². The van der Waals surface area contributed by atoms with Gasteiger partial charge in [0.2, 0.25) is 0 Å². The summed E-state index contributed by atoms with van der Waals surface area (Å²) in [4.78, 5) is 13.5. The van der Waals surface area contributed by atoms with Gasteiger partial charge in [-0.05, 0) is 60.9 Å². The summed E-state index contributed by atoms with van der Waals surface area (Å²) in [5.41, 5.74) is 1.23. The number of aliphatic hydroxyl groups excluding tert-OH is 1. The quantitative estimate of drug-likeness (QED) is 0.454. The van der Waals surface area contributed by atoms with Crippen LogP contribution in [0.1, 0.15) is 20.8 Å². The average Bonchev–Trinajstić information content (AvgIpc) is 3.24. The van der Waals surface area contributed by atoms with E-state index in [4.69, 9.17) is 5.11 Å². The monoisotopic (exact) mass is 481 g/mol. The standard InChI is InChI=1S/C21H18F3N3O3S2/c1-12-18-16-11-13(20(29)26-32(2,30)10-9-28)3-8-17(16)27(19(18)25-31-12)15-6-4-14(5-7-15)21(22,23)24/h3-8,11,28H,9-10H2,1-2H3/t32-/m1/s1. The summed E-state index contributed by atoms with van der Waals surface area (Å²) in [6.07, 6.45) is -3.12. The summed E-state index contributed by atoms with van der Waals surface area (Å²) in [7, 11) is -2.86. The summed E-state index contributed by atoms with van der Waals surface area (Å²) in [6.45, 7) is 1.52. The molecule has 0 unspecified atom stereocenters. The predicted octanol–water partition coefficient (Wildman–Crippen LogP) is 4.80. The lowest BCUT2D eigenvalue weighted by Gasteiger charge is -2.10. The number of hydrogen-bond acceptors (Lipinski definition) is 5. The second kappa shape index (κ2) is 7.98. The summed E-state index contributed by atoms with van der Waals surface area (Å²) < 4.78 is 61.2. The van der Waals surface area contributed by atoms with E-state index in [1.165, 1.54) is 36.0 Å². The topological polar surface area (TPSA) is 84.6 Å². The van der Waals surface area contributed by atoms with E-state index in [9.17, 15) is 22.2 Å². The smallest absolute Gasteiger partial charge is 0.395 e. The molecule has 2 aromatic carbocycles. The zero-order valence-electron chi connectivity index (χ0n) is 17.0. The van der Waals surface area contributed by atoms with Crippen LogP contribution in [-0.4, -0.2) is 42.8 Å². The molecule has 0 aliphatic carbocycles. The van der Waals surface area contributed by atoms with E-state index in [-0.39, 0.29) is 17.9 Å².